The molecule has 4 heteroatoms. The summed E-state index contributed by atoms with van der Waals surface area (Å²) < 4.78 is 5.76. The summed E-state index contributed by atoms with van der Waals surface area (Å²) >= 11 is 1.29. The van der Waals surface area contributed by atoms with Crippen LogP contribution in [0.15, 0.2) is 0 Å². The normalized spacial score (nSPS) is 14.3. The van der Waals surface area contributed by atoms with Crippen molar-refractivity contribution in [2.24, 2.45) is 5.92 Å². The molecule has 0 saturated heterocycles. The molecule has 3 nitrogen and oxygen atoms in total. The van der Waals surface area contributed by atoms with Crippen LogP contribution in [0.4, 0.5) is 0 Å². The first kappa shape index (κ1) is 33.9. The van der Waals surface area contributed by atoms with Crippen LogP contribution in [0.1, 0.15) is 156 Å². The minimum absolute atomic E-state index is 0.130. The van der Waals surface area contributed by atoms with Gasteiger partial charge in [0.25, 0.3) is 0 Å². The van der Waals surface area contributed by atoms with Crippen LogP contribution in [0.3, 0.4) is 0 Å². The van der Waals surface area contributed by atoms with Gasteiger partial charge in [0.05, 0.1) is 6.10 Å². The highest BCUT2D eigenvalue weighted by Gasteiger charge is 2.24. The molecule has 0 aromatic carbocycles. The van der Waals surface area contributed by atoms with E-state index in [0.29, 0.717) is 12.5 Å². The highest BCUT2D eigenvalue weighted by Crippen LogP contribution is 2.21. The van der Waals surface area contributed by atoms with Crippen molar-refractivity contribution in [2.75, 3.05) is 12.4 Å². The van der Waals surface area contributed by atoms with Crippen molar-refractivity contribution >= 4 is 16.9 Å². The number of carbonyl (C=O) groups is 1. The van der Waals surface area contributed by atoms with E-state index < -0.39 is 12.2 Å². The Morgan fingerprint density at radius 3 is 1.59 bits per heavy atom. The largest absolute Gasteiger partial charge is 0.382 e. The zero-order chi connectivity index (χ0) is 25.3. The quantitative estimate of drug-likeness (QED) is 0.120. The van der Waals surface area contributed by atoms with E-state index in [2.05, 4.69) is 20.8 Å². The molecule has 0 aliphatic heterocycles. The van der Waals surface area contributed by atoms with E-state index >= 15 is 0 Å². The first-order valence-corrected chi connectivity index (χ1v) is 16.0. The van der Waals surface area contributed by atoms with Crippen molar-refractivity contribution in [2.45, 2.75) is 168 Å². The van der Waals surface area contributed by atoms with Crippen LogP contribution in [-0.2, 0) is 9.53 Å². The number of ether oxygens (including phenoxy) is 1. The Bertz CT molecular complexity index is 429. The molecule has 0 aromatic rings. The van der Waals surface area contributed by atoms with Crippen molar-refractivity contribution < 1.29 is 14.6 Å². The first-order chi connectivity index (χ1) is 16.6. The van der Waals surface area contributed by atoms with E-state index in [1.54, 1.807) is 0 Å². The smallest absolute Gasteiger partial charge is 0.220 e. The van der Waals surface area contributed by atoms with Gasteiger partial charge < -0.3 is 9.84 Å². The Morgan fingerprint density at radius 1 is 0.706 bits per heavy atom. The number of unbranched alkanes of at least 4 members (excludes halogenated alkanes) is 16. The molecular formula is C30H60O3S. The van der Waals surface area contributed by atoms with E-state index in [9.17, 15) is 9.90 Å². The summed E-state index contributed by atoms with van der Waals surface area (Å²) in [4.78, 5) is 12.3. The predicted octanol–water partition coefficient (Wildman–Crippen LogP) is 9.49. The van der Waals surface area contributed by atoms with Crippen molar-refractivity contribution in [1.29, 1.82) is 0 Å². The van der Waals surface area contributed by atoms with Gasteiger partial charge in [-0.15, -0.1) is 0 Å². The number of thioether (sulfide) groups is 1. The van der Waals surface area contributed by atoms with E-state index in [1.165, 1.54) is 127 Å². The molecule has 1 N–H and O–H groups in total. The van der Waals surface area contributed by atoms with Crippen LogP contribution in [0.5, 0.6) is 0 Å². The van der Waals surface area contributed by atoms with Crippen LogP contribution >= 0.6 is 11.8 Å². The molecule has 0 rings (SSSR count). The van der Waals surface area contributed by atoms with Gasteiger partial charge >= 0.3 is 0 Å². The first-order valence-electron chi connectivity index (χ1n) is 15.0. The average molecular weight is 501 g/mol. The molecule has 0 spiro atoms. The van der Waals surface area contributed by atoms with Crippen molar-refractivity contribution in [3.8, 4) is 0 Å². The van der Waals surface area contributed by atoms with E-state index in [-0.39, 0.29) is 5.12 Å². The fourth-order valence-electron chi connectivity index (χ4n) is 4.39. The molecule has 0 aliphatic rings. The number of hydrogen-bond donors (Lipinski definition) is 1. The van der Waals surface area contributed by atoms with Crippen molar-refractivity contribution in [1.82, 2.24) is 0 Å². The minimum atomic E-state index is -1.00. The van der Waals surface area contributed by atoms with Gasteiger partial charge in [0.2, 0.25) is 5.12 Å². The standard InChI is InChI=1S/C30H60O3S/c1-5-8-10-11-12-13-14-15-16-17-18-19-20-21-22-23-25-33-27(4)29(31)30(32)34-26-28(7-3)24-9-6-2/h27-29,31H,5-26H2,1-4H3/t27?,28?,29-/m0/s1. The Balaban J connectivity index is 3.50. The molecular weight excluding hydrogens is 440 g/mol. The predicted molar refractivity (Wildman–Crippen MR) is 152 cm³/mol. The molecule has 0 saturated carbocycles. The Hall–Kier alpha value is -0.0600. The molecule has 3 atom stereocenters. The van der Waals surface area contributed by atoms with E-state index in [1.807, 2.05) is 6.92 Å². The minimum Gasteiger partial charge on any atom is -0.382 e. The zero-order valence-electron chi connectivity index (χ0n) is 23.5. The summed E-state index contributed by atoms with van der Waals surface area (Å²) in [6.07, 6.45) is 25.0. The summed E-state index contributed by atoms with van der Waals surface area (Å²) in [5.41, 5.74) is 0. The summed E-state index contributed by atoms with van der Waals surface area (Å²) in [6, 6.07) is 0. The van der Waals surface area contributed by atoms with Gasteiger partial charge in [-0.2, -0.15) is 0 Å². The second-order valence-electron chi connectivity index (χ2n) is 10.4. The van der Waals surface area contributed by atoms with Crippen LogP contribution in [0.2, 0.25) is 0 Å². The third kappa shape index (κ3) is 21.2. The number of aliphatic hydroxyl groups is 1. The lowest BCUT2D eigenvalue weighted by Gasteiger charge is -2.19. The van der Waals surface area contributed by atoms with Gasteiger partial charge in [-0.3, -0.25) is 4.79 Å². The lowest BCUT2D eigenvalue weighted by atomic mass is 10.0. The lowest BCUT2D eigenvalue weighted by molar-refractivity contribution is -0.125. The highest BCUT2D eigenvalue weighted by molar-refractivity contribution is 8.13. The van der Waals surface area contributed by atoms with Gasteiger partial charge in [0.15, 0.2) is 0 Å². The maximum Gasteiger partial charge on any atom is 0.220 e. The molecule has 0 heterocycles. The van der Waals surface area contributed by atoms with Gasteiger partial charge in [-0.05, 0) is 25.7 Å². The highest BCUT2D eigenvalue weighted by atomic mass is 32.2. The molecule has 204 valence electrons. The van der Waals surface area contributed by atoms with Crippen LogP contribution in [0, 0.1) is 5.92 Å². The number of aliphatic hydroxyl groups excluding tert-OH is 1. The monoisotopic (exact) mass is 500 g/mol. The third-order valence-corrected chi connectivity index (χ3v) is 8.23. The molecule has 0 aliphatic carbocycles. The van der Waals surface area contributed by atoms with E-state index in [0.717, 1.165) is 18.6 Å². The molecule has 0 bridgehead atoms. The Morgan fingerprint density at radius 2 is 1.15 bits per heavy atom. The van der Waals surface area contributed by atoms with Crippen molar-refractivity contribution in [3.63, 3.8) is 0 Å². The average Bonchev–Trinajstić information content (AvgIpc) is 2.85. The van der Waals surface area contributed by atoms with Crippen LogP contribution in [0.25, 0.3) is 0 Å². The molecule has 34 heavy (non-hydrogen) atoms. The van der Waals surface area contributed by atoms with E-state index in [4.69, 9.17) is 4.74 Å². The second kappa shape index (κ2) is 26.0. The van der Waals surface area contributed by atoms with Crippen LogP contribution < -0.4 is 0 Å². The summed E-state index contributed by atoms with van der Waals surface area (Å²) in [5.74, 6) is 1.39. The van der Waals surface area contributed by atoms with Crippen molar-refractivity contribution in [3.05, 3.63) is 0 Å². The number of hydrogen-bond acceptors (Lipinski definition) is 4. The number of carbonyl (C=O) groups excluding carboxylic acids is 1. The maximum absolute atomic E-state index is 12.3. The third-order valence-electron chi connectivity index (χ3n) is 7.07. The molecule has 0 aromatic heterocycles. The lowest BCUT2D eigenvalue weighted by Crippen LogP contribution is -2.33. The number of rotatable bonds is 26. The topological polar surface area (TPSA) is 46.5 Å². The maximum atomic E-state index is 12.3. The molecule has 0 fully saturated rings. The zero-order valence-corrected chi connectivity index (χ0v) is 24.3. The van der Waals surface area contributed by atoms with Gasteiger partial charge in [-0.1, -0.05) is 148 Å². The Kier molecular flexibility index (Phi) is 26.0. The summed E-state index contributed by atoms with van der Waals surface area (Å²) in [5, 5.41) is 10.2. The summed E-state index contributed by atoms with van der Waals surface area (Å²) in [6.45, 7) is 9.14. The SMILES string of the molecule is CCCCCCCCCCCCCCCCCCOC(C)[C@H](O)C(=O)SCC(CC)CCCC. The second-order valence-corrected chi connectivity index (χ2v) is 11.4. The molecule has 0 amide bonds. The van der Waals surface area contributed by atoms with Gasteiger partial charge in [0, 0.05) is 12.4 Å². The summed E-state index contributed by atoms with van der Waals surface area (Å²) in [7, 11) is 0. The van der Waals surface area contributed by atoms with Gasteiger partial charge in [0.1, 0.15) is 6.10 Å². The fraction of sp³-hybridized carbons (Fsp3) is 0.967. The van der Waals surface area contributed by atoms with Crippen LogP contribution in [-0.4, -0.2) is 34.8 Å². The Labute approximate surface area is 218 Å². The molecule has 0 radical (unpaired) electrons. The fourth-order valence-corrected chi connectivity index (χ4v) is 5.55. The molecule has 2 unspecified atom stereocenters. The van der Waals surface area contributed by atoms with Gasteiger partial charge in [-0.25, -0.2) is 0 Å².